The molecule has 0 spiro atoms. The Balaban J connectivity index is 1.66. The normalized spacial score (nSPS) is 11.1. The van der Waals surface area contributed by atoms with E-state index in [-0.39, 0.29) is 0 Å². The lowest BCUT2D eigenvalue weighted by Gasteiger charge is -2.06. The molecule has 20 heavy (non-hydrogen) atoms. The minimum Gasteiger partial charge on any atom is -0.308 e. The summed E-state index contributed by atoms with van der Waals surface area (Å²) < 4.78 is 1.90. The molecule has 4 nitrogen and oxygen atoms in total. The van der Waals surface area contributed by atoms with Crippen LogP contribution in [-0.2, 0) is 20.1 Å². The first kappa shape index (κ1) is 12.8. The second-order valence-electron chi connectivity index (χ2n) is 5.04. The van der Waals surface area contributed by atoms with E-state index in [4.69, 9.17) is 0 Å². The summed E-state index contributed by atoms with van der Waals surface area (Å²) in [6, 6.07) is 8.52. The molecular formula is C16H18N4. The Labute approximate surface area is 118 Å². The van der Waals surface area contributed by atoms with Gasteiger partial charge in [0.1, 0.15) is 0 Å². The van der Waals surface area contributed by atoms with Crippen LogP contribution in [0.15, 0.2) is 42.9 Å². The standard InChI is InChI=1S/C16H18N4/c1-12-16(11-19-20(12)2)10-18-8-13-3-4-15-9-17-6-5-14(15)7-13/h3-7,9,11,18H,8,10H2,1-2H3. The molecule has 0 saturated carbocycles. The highest BCUT2D eigenvalue weighted by molar-refractivity contribution is 5.81. The molecule has 1 N–H and O–H groups in total. The molecule has 0 radical (unpaired) electrons. The van der Waals surface area contributed by atoms with Crippen LogP contribution in [0, 0.1) is 6.92 Å². The number of nitrogens with one attached hydrogen (secondary N) is 1. The van der Waals surface area contributed by atoms with Crippen LogP contribution in [0.25, 0.3) is 10.8 Å². The Morgan fingerprint density at radius 1 is 1.10 bits per heavy atom. The molecule has 0 atom stereocenters. The van der Waals surface area contributed by atoms with Gasteiger partial charge in [-0.1, -0.05) is 12.1 Å². The number of rotatable bonds is 4. The lowest BCUT2D eigenvalue weighted by molar-refractivity contribution is 0.685. The van der Waals surface area contributed by atoms with Crippen molar-refractivity contribution in [1.29, 1.82) is 0 Å². The summed E-state index contributed by atoms with van der Waals surface area (Å²) in [7, 11) is 1.97. The summed E-state index contributed by atoms with van der Waals surface area (Å²) in [5, 5.41) is 10.1. The Bertz CT molecular complexity index is 730. The molecule has 0 fully saturated rings. The maximum Gasteiger partial charge on any atom is 0.0537 e. The molecule has 2 aromatic heterocycles. The van der Waals surface area contributed by atoms with Gasteiger partial charge in [-0.05, 0) is 30.0 Å². The van der Waals surface area contributed by atoms with Gasteiger partial charge in [0.05, 0.1) is 6.20 Å². The number of nitrogens with zero attached hydrogens (tertiary/aromatic N) is 3. The zero-order valence-electron chi connectivity index (χ0n) is 11.8. The van der Waals surface area contributed by atoms with Crippen molar-refractivity contribution in [2.75, 3.05) is 0 Å². The maximum atomic E-state index is 4.25. The van der Waals surface area contributed by atoms with Crippen LogP contribution in [-0.4, -0.2) is 14.8 Å². The first-order valence-electron chi connectivity index (χ1n) is 6.75. The highest BCUT2D eigenvalue weighted by atomic mass is 15.3. The van der Waals surface area contributed by atoms with Crippen LogP contribution in [0.1, 0.15) is 16.8 Å². The fourth-order valence-electron chi connectivity index (χ4n) is 2.30. The average Bonchev–Trinajstić information content (AvgIpc) is 2.79. The number of benzene rings is 1. The Morgan fingerprint density at radius 3 is 2.80 bits per heavy atom. The largest absolute Gasteiger partial charge is 0.308 e. The van der Waals surface area contributed by atoms with Crippen LogP contribution in [0.3, 0.4) is 0 Å². The van der Waals surface area contributed by atoms with Crippen molar-refractivity contribution in [1.82, 2.24) is 20.1 Å². The number of aromatic nitrogens is 3. The van der Waals surface area contributed by atoms with Crippen LogP contribution in [0.2, 0.25) is 0 Å². The quantitative estimate of drug-likeness (QED) is 0.789. The Morgan fingerprint density at radius 2 is 2.00 bits per heavy atom. The topological polar surface area (TPSA) is 42.7 Å². The van der Waals surface area contributed by atoms with E-state index >= 15 is 0 Å². The van der Waals surface area contributed by atoms with E-state index in [1.54, 1.807) is 0 Å². The SMILES string of the molecule is Cc1c(CNCc2ccc3cnccc3c2)cnn1C. The molecule has 102 valence electrons. The van der Waals surface area contributed by atoms with E-state index in [2.05, 4.69) is 40.5 Å². The number of fused-ring (bicyclic) bond motifs is 1. The highest BCUT2D eigenvalue weighted by Gasteiger charge is 2.03. The van der Waals surface area contributed by atoms with E-state index in [0.29, 0.717) is 0 Å². The third-order valence-corrected chi connectivity index (χ3v) is 3.69. The minimum absolute atomic E-state index is 0.841. The number of hydrogen-bond donors (Lipinski definition) is 1. The first-order chi connectivity index (χ1) is 9.74. The predicted molar refractivity (Wildman–Crippen MR) is 80.2 cm³/mol. The third kappa shape index (κ3) is 2.56. The van der Waals surface area contributed by atoms with Crippen LogP contribution < -0.4 is 5.32 Å². The molecule has 0 amide bonds. The minimum atomic E-state index is 0.841. The third-order valence-electron chi connectivity index (χ3n) is 3.69. The summed E-state index contributed by atoms with van der Waals surface area (Å²) in [6.45, 7) is 3.79. The fourth-order valence-corrected chi connectivity index (χ4v) is 2.30. The Hall–Kier alpha value is -2.20. The van der Waals surface area contributed by atoms with E-state index in [9.17, 15) is 0 Å². The molecule has 0 aliphatic rings. The van der Waals surface area contributed by atoms with Gasteiger partial charge in [-0.25, -0.2) is 0 Å². The van der Waals surface area contributed by atoms with Crippen LogP contribution in [0.5, 0.6) is 0 Å². The van der Waals surface area contributed by atoms with Gasteiger partial charge < -0.3 is 5.32 Å². The molecular weight excluding hydrogens is 248 g/mol. The summed E-state index contributed by atoms with van der Waals surface area (Å²) in [5.74, 6) is 0. The van der Waals surface area contributed by atoms with E-state index in [0.717, 1.165) is 13.1 Å². The molecule has 0 aliphatic heterocycles. The molecule has 0 unspecified atom stereocenters. The predicted octanol–water partition coefficient (Wildman–Crippen LogP) is 2.57. The molecule has 4 heteroatoms. The van der Waals surface area contributed by atoms with Crippen LogP contribution in [0.4, 0.5) is 0 Å². The van der Waals surface area contributed by atoms with Crippen LogP contribution >= 0.6 is 0 Å². The molecule has 1 aromatic carbocycles. The van der Waals surface area contributed by atoms with Crippen molar-refractivity contribution in [2.45, 2.75) is 20.0 Å². The molecule has 2 heterocycles. The van der Waals surface area contributed by atoms with Gasteiger partial charge in [0.25, 0.3) is 0 Å². The van der Waals surface area contributed by atoms with Crippen molar-refractivity contribution in [3.8, 4) is 0 Å². The summed E-state index contributed by atoms with van der Waals surface area (Å²) in [6.07, 6.45) is 5.65. The number of aryl methyl sites for hydroxylation is 1. The Kier molecular flexibility index (Phi) is 3.48. The highest BCUT2D eigenvalue weighted by Crippen LogP contribution is 2.14. The molecule has 3 aromatic rings. The van der Waals surface area contributed by atoms with Gasteiger partial charge in [-0.2, -0.15) is 5.10 Å². The monoisotopic (exact) mass is 266 g/mol. The van der Waals surface area contributed by atoms with E-state index in [1.165, 1.54) is 27.6 Å². The van der Waals surface area contributed by atoms with Crippen molar-refractivity contribution < 1.29 is 0 Å². The lowest BCUT2D eigenvalue weighted by Crippen LogP contribution is -2.13. The van der Waals surface area contributed by atoms with Crippen molar-refractivity contribution >= 4 is 10.8 Å². The molecule has 3 rings (SSSR count). The number of pyridine rings is 1. The van der Waals surface area contributed by atoms with Gasteiger partial charge in [-0.3, -0.25) is 9.67 Å². The lowest BCUT2D eigenvalue weighted by atomic mass is 10.1. The van der Waals surface area contributed by atoms with Gasteiger partial charge in [-0.15, -0.1) is 0 Å². The zero-order chi connectivity index (χ0) is 13.9. The van der Waals surface area contributed by atoms with Gasteiger partial charge in [0, 0.05) is 49.2 Å². The molecule has 0 aliphatic carbocycles. The molecule has 0 saturated heterocycles. The summed E-state index contributed by atoms with van der Waals surface area (Å²) >= 11 is 0. The maximum absolute atomic E-state index is 4.25. The van der Waals surface area contributed by atoms with Gasteiger partial charge >= 0.3 is 0 Å². The fraction of sp³-hybridized carbons (Fsp3) is 0.250. The first-order valence-corrected chi connectivity index (χ1v) is 6.75. The van der Waals surface area contributed by atoms with Crippen molar-refractivity contribution in [3.63, 3.8) is 0 Å². The van der Waals surface area contributed by atoms with E-state index < -0.39 is 0 Å². The van der Waals surface area contributed by atoms with Gasteiger partial charge in [0.2, 0.25) is 0 Å². The average molecular weight is 266 g/mol. The number of hydrogen-bond acceptors (Lipinski definition) is 3. The summed E-state index contributed by atoms with van der Waals surface area (Å²) in [5.41, 5.74) is 3.74. The second-order valence-corrected chi connectivity index (χ2v) is 5.04. The van der Waals surface area contributed by atoms with Gasteiger partial charge in [0.15, 0.2) is 0 Å². The van der Waals surface area contributed by atoms with Crippen molar-refractivity contribution in [2.24, 2.45) is 7.05 Å². The zero-order valence-corrected chi connectivity index (χ0v) is 11.8. The summed E-state index contributed by atoms with van der Waals surface area (Å²) in [4.78, 5) is 4.13. The van der Waals surface area contributed by atoms with E-state index in [1.807, 2.05) is 36.4 Å². The second kappa shape index (κ2) is 5.43. The van der Waals surface area contributed by atoms with Crippen molar-refractivity contribution in [3.05, 3.63) is 59.7 Å². The smallest absolute Gasteiger partial charge is 0.0537 e. The molecule has 0 bridgehead atoms.